The maximum Gasteiger partial charge on any atom is 0.270 e. The Hall–Kier alpha value is -1.91. The highest BCUT2D eigenvalue weighted by atomic mass is 16.1. The Balaban J connectivity index is 2.73. The highest BCUT2D eigenvalue weighted by molar-refractivity contribution is 5.92. The fourth-order valence-electron chi connectivity index (χ4n) is 1.07. The van der Waals surface area contributed by atoms with Gasteiger partial charge in [-0.3, -0.25) is 4.79 Å². The summed E-state index contributed by atoms with van der Waals surface area (Å²) in [6, 6.07) is 1.80. The lowest BCUT2D eigenvalue weighted by Gasteiger charge is -2.08. The summed E-state index contributed by atoms with van der Waals surface area (Å²) in [6.07, 6.45) is 3.17. The second-order valence-electron chi connectivity index (χ2n) is 3.56. The number of hydrogen-bond donors (Lipinski definition) is 2. The first-order valence-electron chi connectivity index (χ1n) is 5.12. The second kappa shape index (κ2) is 5.85. The van der Waals surface area contributed by atoms with Crippen molar-refractivity contribution in [1.82, 2.24) is 15.3 Å². The molecule has 0 aromatic carbocycles. The molecule has 5 heteroatoms. The summed E-state index contributed by atoms with van der Waals surface area (Å²) in [5.74, 6) is 0.232. The van der Waals surface area contributed by atoms with Crippen molar-refractivity contribution in [3.05, 3.63) is 30.6 Å². The molecule has 0 saturated heterocycles. The van der Waals surface area contributed by atoms with E-state index in [1.54, 1.807) is 18.3 Å². The minimum Gasteiger partial charge on any atom is -0.352 e. The lowest BCUT2D eigenvalue weighted by Crippen LogP contribution is -2.25. The average molecular weight is 220 g/mol. The molecule has 0 atom stereocenters. The van der Waals surface area contributed by atoms with E-state index in [9.17, 15) is 4.79 Å². The van der Waals surface area contributed by atoms with E-state index in [1.807, 2.05) is 13.8 Å². The van der Waals surface area contributed by atoms with E-state index in [-0.39, 0.29) is 11.9 Å². The van der Waals surface area contributed by atoms with Gasteiger partial charge < -0.3 is 10.6 Å². The van der Waals surface area contributed by atoms with Crippen LogP contribution in [0.3, 0.4) is 0 Å². The quantitative estimate of drug-likeness (QED) is 0.732. The molecule has 0 bridgehead atoms. The van der Waals surface area contributed by atoms with Crippen molar-refractivity contribution in [3.8, 4) is 0 Å². The summed E-state index contributed by atoms with van der Waals surface area (Å²) in [6.45, 7) is 7.91. The van der Waals surface area contributed by atoms with Crippen LogP contribution in [0.2, 0.25) is 0 Å². The van der Waals surface area contributed by atoms with Gasteiger partial charge in [0.15, 0.2) is 0 Å². The molecular weight excluding hydrogens is 204 g/mol. The Bertz CT molecular complexity index is 376. The number of amides is 1. The van der Waals surface area contributed by atoms with Gasteiger partial charge in [0.2, 0.25) is 5.95 Å². The summed E-state index contributed by atoms with van der Waals surface area (Å²) < 4.78 is 0. The van der Waals surface area contributed by atoms with Gasteiger partial charge in [0, 0.05) is 18.8 Å². The molecule has 1 rings (SSSR count). The number of anilines is 1. The minimum absolute atomic E-state index is 0.228. The number of hydrogen-bond acceptors (Lipinski definition) is 4. The summed E-state index contributed by atoms with van der Waals surface area (Å²) in [5.41, 5.74) is 0.347. The molecule has 0 unspecified atom stereocenters. The third-order valence-corrected chi connectivity index (χ3v) is 1.71. The lowest BCUT2D eigenvalue weighted by molar-refractivity contribution is 0.0953. The smallest absolute Gasteiger partial charge is 0.270 e. The van der Waals surface area contributed by atoms with Gasteiger partial charge in [0.25, 0.3) is 5.91 Å². The third-order valence-electron chi connectivity index (χ3n) is 1.71. The number of rotatable bonds is 5. The van der Waals surface area contributed by atoms with Crippen molar-refractivity contribution >= 4 is 11.9 Å². The predicted octanol–water partition coefficient (Wildman–Crippen LogP) is 1.21. The van der Waals surface area contributed by atoms with Gasteiger partial charge in [-0.05, 0) is 19.9 Å². The Labute approximate surface area is 95.0 Å². The summed E-state index contributed by atoms with van der Waals surface area (Å²) in [4.78, 5) is 19.7. The molecule has 0 aliphatic heterocycles. The molecule has 2 N–H and O–H groups in total. The van der Waals surface area contributed by atoms with E-state index in [0.29, 0.717) is 18.2 Å². The number of carbonyl (C=O) groups excluding carboxylic acids is 1. The van der Waals surface area contributed by atoms with Crippen LogP contribution < -0.4 is 10.6 Å². The van der Waals surface area contributed by atoms with E-state index in [0.717, 1.165) is 0 Å². The van der Waals surface area contributed by atoms with Crippen LogP contribution >= 0.6 is 0 Å². The zero-order valence-electron chi connectivity index (χ0n) is 9.53. The van der Waals surface area contributed by atoms with Crippen LogP contribution in [0.1, 0.15) is 24.3 Å². The van der Waals surface area contributed by atoms with Gasteiger partial charge in [-0.15, -0.1) is 6.58 Å². The van der Waals surface area contributed by atoms with E-state index in [4.69, 9.17) is 0 Å². The average Bonchev–Trinajstić information content (AvgIpc) is 2.25. The molecule has 16 heavy (non-hydrogen) atoms. The van der Waals surface area contributed by atoms with Crippen molar-refractivity contribution < 1.29 is 4.79 Å². The molecular formula is C11H16N4O. The Kier molecular flexibility index (Phi) is 4.44. The largest absolute Gasteiger partial charge is 0.352 e. The first-order valence-corrected chi connectivity index (χ1v) is 5.12. The highest BCUT2D eigenvalue weighted by Gasteiger charge is 2.07. The maximum absolute atomic E-state index is 11.6. The number of aromatic nitrogens is 2. The molecule has 0 fully saturated rings. The Morgan fingerprint density at radius 2 is 2.38 bits per heavy atom. The molecule has 1 heterocycles. The van der Waals surface area contributed by atoms with E-state index >= 15 is 0 Å². The molecule has 0 spiro atoms. The summed E-state index contributed by atoms with van der Waals surface area (Å²) in [7, 11) is 0. The van der Waals surface area contributed by atoms with E-state index < -0.39 is 0 Å². The maximum atomic E-state index is 11.6. The van der Waals surface area contributed by atoms with Gasteiger partial charge in [-0.2, -0.15) is 0 Å². The zero-order valence-corrected chi connectivity index (χ0v) is 9.53. The van der Waals surface area contributed by atoms with Crippen LogP contribution in [0.25, 0.3) is 0 Å². The van der Waals surface area contributed by atoms with E-state index in [1.165, 1.54) is 0 Å². The van der Waals surface area contributed by atoms with Gasteiger partial charge in [0.05, 0.1) is 0 Å². The minimum atomic E-state index is -0.228. The molecule has 0 radical (unpaired) electrons. The van der Waals surface area contributed by atoms with Gasteiger partial charge in [-0.25, -0.2) is 9.97 Å². The highest BCUT2D eigenvalue weighted by Crippen LogP contribution is 2.02. The predicted molar refractivity (Wildman–Crippen MR) is 63.3 cm³/mol. The first-order chi connectivity index (χ1) is 7.63. The fourth-order valence-corrected chi connectivity index (χ4v) is 1.07. The molecule has 0 saturated carbocycles. The third kappa shape index (κ3) is 3.68. The van der Waals surface area contributed by atoms with Gasteiger partial charge >= 0.3 is 0 Å². The SMILES string of the molecule is C=CCNC(=O)c1ccnc(NC(C)C)n1. The standard InChI is InChI=1S/C11H16N4O/c1-4-6-12-10(16)9-5-7-13-11(15-9)14-8(2)3/h4-5,7-8H,1,6H2,2-3H3,(H,12,16)(H,13,14,15). The number of nitrogens with one attached hydrogen (secondary N) is 2. The molecule has 5 nitrogen and oxygen atoms in total. The van der Waals surface area contributed by atoms with Gasteiger partial charge in [0.1, 0.15) is 5.69 Å². The molecule has 86 valence electrons. The van der Waals surface area contributed by atoms with Crippen LogP contribution in [0.4, 0.5) is 5.95 Å². The zero-order chi connectivity index (χ0) is 12.0. The topological polar surface area (TPSA) is 66.9 Å². The van der Waals surface area contributed by atoms with Crippen LogP contribution in [0.15, 0.2) is 24.9 Å². The van der Waals surface area contributed by atoms with Crippen molar-refractivity contribution in [3.63, 3.8) is 0 Å². The fraction of sp³-hybridized carbons (Fsp3) is 0.364. The van der Waals surface area contributed by atoms with Crippen molar-refractivity contribution in [1.29, 1.82) is 0 Å². The molecule has 1 amide bonds. The molecule has 1 aromatic heterocycles. The van der Waals surface area contributed by atoms with Gasteiger partial charge in [-0.1, -0.05) is 6.08 Å². The Morgan fingerprint density at radius 3 is 3.00 bits per heavy atom. The van der Waals surface area contributed by atoms with E-state index in [2.05, 4.69) is 27.2 Å². The number of nitrogens with zero attached hydrogens (tertiary/aromatic N) is 2. The van der Waals surface area contributed by atoms with Crippen LogP contribution in [0, 0.1) is 0 Å². The van der Waals surface area contributed by atoms with Crippen LogP contribution in [-0.2, 0) is 0 Å². The van der Waals surface area contributed by atoms with Crippen molar-refractivity contribution in [2.24, 2.45) is 0 Å². The monoisotopic (exact) mass is 220 g/mol. The van der Waals surface area contributed by atoms with Crippen LogP contribution in [-0.4, -0.2) is 28.5 Å². The lowest BCUT2D eigenvalue weighted by atomic mass is 10.3. The summed E-state index contributed by atoms with van der Waals surface area (Å²) >= 11 is 0. The van der Waals surface area contributed by atoms with Crippen molar-refractivity contribution in [2.75, 3.05) is 11.9 Å². The second-order valence-corrected chi connectivity index (χ2v) is 3.56. The normalized spacial score (nSPS) is 9.94. The molecule has 0 aliphatic carbocycles. The van der Waals surface area contributed by atoms with Crippen molar-refractivity contribution in [2.45, 2.75) is 19.9 Å². The first kappa shape index (κ1) is 12.2. The number of carbonyl (C=O) groups is 1. The Morgan fingerprint density at radius 1 is 1.62 bits per heavy atom. The molecule has 0 aliphatic rings. The van der Waals surface area contributed by atoms with Crippen LogP contribution in [0.5, 0.6) is 0 Å². The summed E-state index contributed by atoms with van der Waals surface area (Å²) in [5, 5.41) is 5.69. The molecule has 1 aromatic rings.